The van der Waals surface area contributed by atoms with Gasteiger partial charge in [-0.15, -0.1) is 0 Å². The van der Waals surface area contributed by atoms with E-state index in [2.05, 4.69) is 15.9 Å². The molecule has 0 radical (unpaired) electrons. The monoisotopic (exact) mass is 242 g/mol. The summed E-state index contributed by atoms with van der Waals surface area (Å²) in [6.45, 7) is 0.586. The Morgan fingerprint density at radius 3 is 2.85 bits per heavy atom. The molecule has 0 N–H and O–H groups in total. The number of hydrogen-bond acceptors (Lipinski definition) is 3. The Kier molecular flexibility index (Phi) is 2.22. The average Bonchev–Trinajstić information content (AvgIpc) is 2.72. The molecule has 0 amide bonds. The van der Waals surface area contributed by atoms with Crippen molar-refractivity contribution in [2.45, 2.75) is 6.42 Å². The summed E-state index contributed by atoms with van der Waals surface area (Å²) >= 11 is 3.14. The minimum atomic E-state index is -0.0943. The van der Waals surface area contributed by atoms with Crippen LogP contribution in [0.15, 0.2) is 33.1 Å². The summed E-state index contributed by atoms with van der Waals surface area (Å²) in [4.78, 5) is 11.6. The lowest BCUT2D eigenvalue weighted by molar-refractivity contribution is 0.100. The fourth-order valence-corrected chi connectivity index (χ4v) is 1.46. The van der Waals surface area contributed by atoms with E-state index in [0.717, 1.165) is 0 Å². The summed E-state index contributed by atoms with van der Waals surface area (Å²) in [5, 5.41) is 0. The van der Waals surface area contributed by atoms with Crippen LogP contribution < -0.4 is 0 Å². The van der Waals surface area contributed by atoms with Gasteiger partial charge in [0.05, 0.1) is 12.9 Å². The maximum absolute atomic E-state index is 11.6. The molecule has 1 aliphatic rings. The third-order valence-corrected chi connectivity index (χ3v) is 2.23. The molecule has 2 heterocycles. The molecule has 1 aliphatic heterocycles. The van der Waals surface area contributed by atoms with Crippen molar-refractivity contribution in [3.05, 3.63) is 34.4 Å². The highest BCUT2D eigenvalue weighted by atomic mass is 79.9. The number of Topliss-reactive ketones (excluding diaryl/α,β-unsaturated/α-hetero) is 1. The molecule has 0 spiro atoms. The summed E-state index contributed by atoms with van der Waals surface area (Å²) in [5.74, 6) is 0.256. The summed E-state index contributed by atoms with van der Waals surface area (Å²) in [6, 6.07) is 3.34. The average molecular weight is 243 g/mol. The van der Waals surface area contributed by atoms with Gasteiger partial charge in [-0.2, -0.15) is 0 Å². The van der Waals surface area contributed by atoms with E-state index >= 15 is 0 Å². The molecule has 13 heavy (non-hydrogen) atoms. The zero-order valence-corrected chi connectivity index (χ0v) is 8.33. The van der Waals surface area contributed by atoms with Crippen molar-refractivity contribution < 1.29 is 13.9 Å². The molecule has 0 aromatic carbocycles. The van der Waals surface area contributed by atoms with Gasteiger partial charge < -0.3 is 9.15 Å². The lowest BCUT2D eigenvalue weighted by atomic mass is 10.1. The second-order valence-electron chi connectivity index (χ2n) is 2.70. The van der Waals surface area contributed by atoms with Crippen LogP contribution >= 0.6 is 15.9 Å². The Bertz CT molecular complexity index is 365. The maximum atomic E-state index is 11.6. The normalized spacial score (nSPS) is 15.3. The molecular formula is C9H7BrO3. The van der Waals surface area contributed by atoms with Gasteiger partial charge in [-0.1, -0.05) is 0 Å². The molecule has 0 saturated heterocycles. The van der Waals surface area contributed by atoms with Crippen LogP contribution in [0.1, 0.15) is 17.0 Å². The maximum Gasteiger partial charge on any atom is 0.227 e. The van der Waals surface area contributed by atoms with Gasteiger partial charge in [0.2, 0.25) is 5.78 Å². The van der Waals surface area contributed by atoms with Crippen molar-refractivity contribution >= 4 is 21.7 Å². The number of carbonyl (C=O) groups excluding carboxylic acids is 1. The van der Waals surface area contributed by atoms with E-state index < -0.39 is 0 Å². The number of ketones is 1. The third-order valence-electron chi connectivity index (χ3n) is 1.80. The molecule has 1 aromatic heterocycles. The van der Waals surface area contributed by atoms with E-state index in [4.69, 9.17) is 9.15 Å². The lowest BCUT2D eigenvalue weighted by Gasteiger charge is -1.93. The number of carbonyl (C=O) groups is 1. The van der Waals surface area contributed by atoms with Gasteiger partial charge >= 0.3 is 0 Å². The zero-order chi connectivity index (χ0) is 9.26. The van der Waals surface area contributed by atoms with Gasteiger partial charge in [0, 0.05) is 12.0 Å². The second kappa shape index (κ2) is 3.38. The molecule has 0 fully saturated rings. The number of furan rings is 1. The number of hydrogen-bond donors (Lipinski definition) is 0. The van der Waals surface area contributed by atoms with Crippen molar-refractivity contribution in [2.75, 3.05) is 6.61 Å². The van der Waals surface area contributed by atoms with Crippen LogP contribution in [0.2, 0.25) is 0 Å². The Labute approximate surface area is 83.5 Å². The first-order valence-electron chi connectivity index (χ1n) is 3.88. The van der Waals surface area contributed by atoms with Gasteiger partial charge in [-0.05, 0) is 28.1 Å². The van der Waals surface area contributed by atoms with E-state index in [1.54, 1.807) is 12.1 Å². The highest BCUT2D eigenvalue weighted by Gasteiger charge is 2.19. The second-order valence-corrected chi connectivity index (χ2v) is 3.48. The minimum Gasteiger partial charge on any atom is -0.500 e. The fourth-order valence-electron chi connectivity index (χ4n) is 1.15. The van der Waals surface area contributed by atoms with Crippen molar-refractivity contribution in [1.29, 1.82) is 0 Å². The summed E-state index contributed by atoms with van der Waals surface area (Å²) in [7, 11) is 0. The van der Waals surface area contributed by atoms with Crippen LogP contribution in [0.4, 0.5) is 0 Å². The van der Waals surface area contributed by atoms with Gasteiger partial charge in [0.15, 0.2) is 10.4 Å². The Hall–Kier alpha value is -1.03. The lowest BCUT2D eigenvalue weighted by Crippen LogP contribution is -1.99. The van der Waals surface area contributed by atoms with Crippen molar-refractivity contribution in [2.24, 2.45) is 0 Å². The van der Waals surface area contributed by atoms with Crippen molar-refractivity contribution in [3.63, 3.8) is 0 Å². The molecule has 0 unspecified atom stereocenters. The van der Waals surface area contributed by atoms with Crippen molar-refractivity contribution in [3.8, 4) is 0 Å². The minimum absolute atomic E-state index is 0.0943. The van der Waals surface area contributed by atoms with Gasteiger partial charge in [0.25, 0.3) is 0 Å². The largest absolute Gasteiger partial charge is 0.500 e. The van der Waals surface area contributed by atoms with E-state index in [1.165, 1.54) is 6.26 Å². The van der Waals surface area contributed by atoms with E-state index in [0.29, 0.717) is 29.0 Å². The Morgan fingerprint density at radius 1 is 1.46 bits per heavy atom. The molecule has 2 rings (SSSR count). The molecule has 0 bridgehead atoms. The standard InChI is InChI=1S/C9H7BrO3/c10-8-2-1-7(13-8)9(11)6-3-4-12-5-6/h1-2,5H,3-4H2. The smallest absolute Gasteiger partial charge is 0.227 e. The number of halogens is 1. The molecule has 0 saturated carbocycles. The molecule has 68 valence electrons. The van der Waals surface area contributed by atoms with Crippen LogP contribution in [0.5, 0.6) is 0 Å². The van der Waals surface area contributed by atoms with Crippen molar-refractivity contribution in [1.82, 2.24) is 0 Å². The third kappa shape index (κ3) is 1.67. The molecule has 1 aromatic rings. The molecule has 0 aliphatic carbocycles. The quantitative estimate of drug-likeness (QED) is 0.749. The Morgan fingerprint density at radius 2 is 2.31 bits per heavy atom. The first-order chi connectivity index (χ1) is 6.27. The van der Waals surface area contributed by atoms with Crippen LogP contribution in [0, 0.1) is 0 Å². The van der Waals surface area contributed by atoms with Crippen LogP contribution in [0.25, 0.3) is 0 Å². The predicted octanol–water partition coefficient (Wildman–Crippen LogP) is 2.53. The van der Waals surface area contributed by atoms with E-state index in [9.17, 15) is 4.79 Å². The predicted molar refractivity (Wildman–Crippen MR) is 49.4 cm³/mol. The van der Waals surface area contributed by atoms with Gasteiger partial charge in [-0.25, -0.2) is 0 Å². The number of rotatable bonds is 2. The highest BCUT2D eigenvalue weighted by Crippen LogP contribution is 2.20. The first-order valence-corrected chi connectivity index (χ1v) is 4.67. The molecular weight excluding hydrogens is 236 g/mol. The van der Waals surface area contributed by atoms with E-state index in [-0.39, 0.29) is 5.78 Å². The fraction of sp³-hybridized carbons (Fsp3) is 0.222. The summed E-state index contributed by atoms with van der Waals surface area (Å²) in [5.41, 5.74) is 0.668. The topological polar surface area (TPSA) is 39.4 Å². The van der Waals surface area contributed by atoms with Gasteiger partial charge in [0.1, 0.15) is 0 Å². The zero-order valence-electron chi connectivity index (χ0n) is 6.75. The SMILES string of the molecule is O=C(C1=COCC1)c1ccc(Br)o1. The first kappa shape index (κ1) is 8.56. The highest BCUT2D eigenvalue weighted by molar-refractivity contribution is 9.10. The van der Waals surface area contributed by atoms with Crippen LogP contribution in [-0.2, 0) is 4.74 Å². The molecule has 3 nitrogen and oxygen atoms in total. The summed E-state index contributed by atoms with van der Waals surface area (Å²) < 4.78 is 10.7. The molecule has 0 atom stereocenters. The molecule has 4 heteroatoms. The van der Waals surface area contributed by atoms with Crippen LogP contribution in [0.3, 0.4) is 0 Å². The van der Waals surface area contributed by atoms with E-state index in [1.807, 2.05) is 0 Å². The van der Waals surface area contributed by atoms with Crippen LogP contribution in [-0.4, -0.2) is 12.4 Å². The number of ether oxygens (including phenoxy) is 1. The van der Waals surface area contributed by atoms with Gasteiger partial charge in [-0.3, -0.25) is 4.79 Å². The Balaban J connectivity index is 2.22. The summed E-state index contributed by atoms with van der Waals surface area (Å²) in [6.07, 6.45) is 2.16.